The number of benzene rings is 1. The molecule has 0 radical (unpaired) electrons. The fourth-order valence-electron chi connectivity index (χ4n) is 3.23. The van der Waals surface area contributed by atoms with E-state index in [9.17, 15) is 22.8 Å². The zero-order chi connectivity index (χ0) is 18.0. The molecular weight excluding hydrogens is 335 g/mol. The summed E-state index contributed by atoms with van der Waals surface area (Å²) in [5, 5.41) is 2.57. The molecule has 8 heteroatoms. The maximum atomic E-state index is 13.3. The van der Waals surface area contributed by atoms with Crippen molar-refractivity contribution in [3.63, 3.8) is 0 Å². The van der Waals surface area contributed by atoms with Crippen molar-refractivity contribution in [1.29, 1.82) is 0 Å². The summed E-state index contributed by atoms with van der Waals surface area (Å²) in [5.41, 5.74) is 0.387. The highest BCUT2D eigenvalue weighted by Crippen LogP contribution is 2.26. The summed E-state index contributed by atoms with van der Waals surface area (Å²) in [4.78, 5) is 28.0. The van der Waals surface area contributed by atoms with Crippen LogP contribution in [0, 0.1) is 5.82 Å². The van der Waals surface area contributed by atoms with Gasteiger partial charge in [0.05, 0.1) is 12.6 Å². The maximum absolute atomic E-state index is 13.3. The fourth-order valence-corrected chi connectivity index (χ4v) is 3.23. The van der Waals surface area contributed by atoms with Gasteiger partial charge in [-0.3, -0.25) is 14.9 Å². The molecule has 5 nitrogen and oxygen atoms in total. The van der Waals surface area contributed by atoms with Crippen LogP contribution in [-0.4, -0.2) is 66.3 Å². The molecule has 0 aromatic heterocycles. The van der Waals surface area contributed by atoms with E-state index in [2.05, 4.69) is 5.32 Å². The van der Waals surface area contributed by atoms with Gasteiger partial charge in [-0.2, -0.15) is 0 Å². The van der Waals surface area contributed by atoms with Gasteiger partial charge in [-0.05, 0) is 30.7 Å². The van der Waals surface area contributed by atoms with E-state index >= 15 is 0 Å². The molecule has 25 heavy (non-hydrogen) atoms. The first-order valence-corrected chi connectivity index (χ1v) is 8.30. The second-order valence-corrected chi connectivity index (χ2v) is 6.47. The first kappa shape index (κ1) is 17.7. The summed E-state index contributed by atoms with van der Waals surface area (Å²) in [6.45, 7) is 1.04. The highest BCUT2D eigenvalue weighted by atomic mass is 19.3. The molecule has 136 valence electrons. The lowest BCUT2D eigenvalue weighted by Crippen LogP contribution is -2.45. The lowest BCUT2D eigenvalue weighted by atomic mass is 10.1. The Kier molecular flexibility index (Phi) is 4.99. The first-order chi connectivity index (χ1) is 11.9. The first-order valence-electron chi connectivity index (χ1n) is 8.30. The van der Waals surface area contributed by atoms with Gasteiger partial charge in [0.2, 0.25) is 5.91 Å². The average molecular weight is 355 g/mol. The van der Waals surface area contributed by atoms with Crippen molar-refractivity contribution in [3.05, 3.63) is 35.6 Å². The van der Waals surface area contributed by atoms with Crippen molar-refractivity contribution in [3.8, 4) is 0 Å². The van der Waals surface area contributed by atoms with Crippen molar-refractivity contribution in [2.24, 2.45) is 0 Å². The van der Waals surface area contributed by atoms with Gasteiger partial charge >= 0.3 is 0 Å². The van der Waals surface area contributed by atoms with Crippen molar-refractivity contribution in [2.45, 2.75) is 24.8 Å². The third-order valence-corrected chi connectivity index (χ3v) is 4.59. The zero-order valence-corrected chi connectivity index (χ0v) is 13.7. The molecule has 1 atom stereocenters. The molecule has 1 unspecified atom stereocenters. The van der Waals surface area contributed by atoms with E-state index in [0.29, 0.717) is 38.2 Å². The number of rotatable bonds is 2. The van der Waals surface area contributed by atoms with Gasteiger partial charge in [-0.25, -0.2) is 13.2 Å². The lowest BCUT2D eigenvalue weighted by molar-refractivity contribution is -0.133. The van der Waals surface area contributed by atoms with Gasteiger partial charge in [-0.1, -0.05) is 0 Å². The summed E-state index contributed by atoms with van der Waals surface area (Å²) in [7, 11) is 0. The van der Waals surface area contributed by atoms with E-state index in [0.717, 1.165) is 0 Å². The number of carbonyl (C=O) groups excluding carboxylic acids is 2. The fraction of sp³-hybridized carbons (Fsp3) is 0.529. The standard InChI is InChI=1S/C17H20F3N3O2/c18-13-4-2-12(3-5-13)15(24)22-6-1-7-23(9-8-22)16(25)14-10-17(19,20)11-21-14/h2-5,14,21H,1,6-11H2. The Bertz CT molecular complexity index is 651. The van der Waals surface area contributed by atoms with Crippen molar-refractivity contribution in [2.75, 3.05) is 32.7 Å². The van der Waals surface area contributed by atoms with E-state index in [1.807, 2.05) is 0 Å². The molecule has 2 aliphatic heterocycles. The van der Waals surface area contributed by atoms with Gasteiger partial charge in [0.15, 0.2) is 0 Å². The molecule has 2 amide bonds. The van der Waals surface area contributed by atoms with Gasteiger partial charge in [0.1, 0.15) is 5.82 Å². The molecule has 0 bridgehead atoms. The molecule has 0 saturated carbocycles. The Morgan fingerprint density at radius 2 is 1.68 bits per heavy atom. The number of nitrogens with one attached hydrogen (secondary N) is 1. The quantitative estimate of drug-likeness (QED) is 0.875. The molecule has 1 aromatic rings. The normalized spacial score (nSPS) is 23.4. The molecule has 2 heterocycles. The predicted molar refractivity (Wildman–Crippen MR) is 84.9 cm³/mol. The third kappa shape index (κ3) is 4.12. The van der Waals surface area contributed by atoms with Crippen LogP contribution in [-0.2, 0) is 4.79 Å². The third-order valence-electron chi connectivity index (χ3n) is 4.59. The molecule has 2 saturated heterocycles. The summed E-state index contributed by atoms with van der Waals surface area (Å²) < 4.78 is 39.5. The maximum Gasteiger partial charge on any atom is 0.262 e. The van der Waals surface area contributed by atoms with Gasteiger partial charge in [0.25, 0.3) is 11.8 Å². The van der Waals surface area contributed by atoms with E-state index in [-0.39, 0.29) is 11.8 Å². The van der Waals surface area contributed by atoms with Crippen molar-refractivity contribution < 1.29 is 22.8 Å². The lowest BCUT2D eigenvalue weighted by Gasteiger charge is -2.24. The molecule has 2 aliphatic rings. The minimum atomic E-state index is -2.85. The number of nitrogens with zero attached hydrogens (tertiary/aromatic N) is 2. The summed E-state index contributed by atoms with van der Waals surface area (Å²) in [5.74, 6) is -3.82. The van der Waals surface area contributed by atoms with Crippen LogP contribution >= 0.6 is 0 Å². The SMILES string of the molecule is O=C(c1ccc(F)cc1)N1CCCN(C(=O)C2CC(F)(F)CN2)CC1. The smallest absolute Gasteiger partial charge is 0.262 e. The van der Waals surface area contributed by atoms with Crippen LogP contribution in [0.1, 0.15) is 23.2 Å². The Balaban J connectivity index is 1.59. The number of hydrogen-bond donors (Lipinski definition) is 1. The Morgan fingerprint density at radius 1 is 1.04 bits per heavy atom. The van der Waals surface area contributed by atoms with Crippen LogP contribution in [0.3, 0.4) is 0 Å². The zero-order valence-electron chi connectivity index (χ0n) is 13.7. The van der Waals surface area contributed by atoms with Crippen LogP contribution in [0.25, 0.3) is 0 Å². The van der Waals surface area contributed by atoms with Crippen molar-refractivity contribution in [1.82, 2.24) is 15.1 Å². The molecular formula is C17H20F3N3O2. The second kappa shape index (κ2) is 7.03. The van der Waals surface area contributed by atoms with Gasteiger partial charge in [0, 0.05) is 38.2 Å². The molecule has 1 N–H and O–H groups in total. The Labute approximate surface area is 143 Å². The summed E-state index contributed by atoms with van der Waals surface area (Å²) in [6.07, 6.45) is 0.0857. The molecule has 0 spiro atoms. The number of amides is 2. The van der Waals surface area contributed by atoms with Crippen LogP contribution in [0.2, 0.25) is 0 Å². The Morgan fingerprint density at radius 3 is 2.32 bits per heavy atom. The van der Waals surface area contributed by atoms with E-state index in [1.165, 1.54) is 29.2 Å². The minimum Gasteiger partial charge on any atom is -0.339 e. The highest BCUT2D eigenvalue weighted by Gasteiger charge is 2.43. The monoisotopic (exact) mass is 355 g/mol. The number of carbonyl (C=O) groups is 2. The molecule has 1 aromatic carbocycles. The van der Waals surface area contributed by atoms with Crippen LogP contribution in [0.5, 0.6) is 0 Å². The highest BCUT2D eigenvalue weighted by molar-refractivity contribution is 5.94. The molecule has 3 rings (SSSR count). The number of alkyl halides is 2. The van der Waals surface area contributed by atoms with E-state index < -0.39 is 30.7 Å². The largest absolute Gasteiger partial charge is 0.339 e. The Hall–Kier alpha value is -2.09. The van der Waals surface area contributed by atoms with Crippen LogP contribution in [0.15, 0.2) is 24.3 Å². The van der Waals surface area contributed by atoms with Crippen LogP contribution in [0.4, 0.5) is 13.2 Å². The van der Waals surface area contributed by atoms with Crippen LogP contribution < -0.4 is 5.32 Å². The average Bonchev–Trinajstić information content (AvgIpc) is 2.80. The van der Waals surface area contributed by atoms with Gasteiger partial charge < -0.3 is 9.80 Å². The van der Waals surface area contributed by atoms with Gasteiger partial charge in [-0.15, -0.1) is 0 Å². The summed E-state index contributed by atoms with van der Waals surface area (Å²) >= 11 is 0. The number of hydrogen-bond acceptors (Lipinski definition) is 3. The molecule has 2 fully saturated rings. The molecule has 0 aliphatic carbocycles. The minimum absolute atomic E-state index is 0.222. The topological polar surface area (TPSA) is 52.7 Å². The predicted octanol–water partition coefficient (Wildman–Crippen LogP) is 1.50. The van der Waals surface area contributed by atoms with E-state index in [1.54, 1.807) is 4.90 Å². The summed E-state index contributed by atoms with van der Waals surface area (Å²) in [6, 6.07) is 4.44. The van der Waals surface area contributed by atoms with E-state index in [4.69, 9.17) is 0 Å². The second-order valence-electron chi connectivity index (χ2n) is 6.47. The van der Waals surface area contributed by atoms with Crippen molar-refractivity contribution >= 4 is 11.8 Å². The number of halogens is 3.